The molecule has 1 atom stereocenters. The van der Waals surface area contributed by atoms with E-state index in [1.54, 1.807) is 54.6 Å². The first-order valence-electron chi connectivity index (χ1n) is 6.68. The topological polar surface area (TPSA) is 63.6 Å². The van der Waals surface area contributed by atoms with Crippen LogP contribution in [0.3, 0.4) is 0 Å². The first-order valence-corrected chi connectivity index (χ1v) is 6.68. The molecule has 0 fully saturated rings. The van der Waals surface area contributed by atoms with Crippen LogP contribution in [0, 0.1) is 0 Å². The van der Waals surface area contributed by atoms with Crippen molar-refractivity contribution in [1.29, 1.82) is 0 Å². The molecule has 1 unspecified atom stereocenters. The Labute approximate surface area is 123 Å². The molecule has 2 aromatic rings. The second-order valence-electron chi connectivity index (χ2n) is 4.50. The molecule has 108 valence electrons. The van der Waals surface area contributed by atoms with Crippen molar-refractivity contribution in [3.05, 3.63) is 65.7 Å². The summed E-state index contributed by atoms with van der Waals surface area (Å²) >= 11 is 0. The van der Waals surface area contributed by atoms with Gasteiger partial charge < -0.3 is 9.84 Å². The Hall–Kier alpha value is -2.62. The normalized spacial score (nSPS) is 11.7. The summed E-state index contributed by atoms with van der Waals surface area (Å²) < 4.78 is 5.31. The van der Waals surface area contributed by atoms with Gasteiger partial charge in [0.15, 0.2) is 5.78 Å². The van der Waals surface area contributed by atoms with Gasteiger partial charge in [-0.1, -0.05) is 42.5 Å². The average molecular weight is 284 g/mol. The van der Waals surface area contributed by atoms with Crippen LogP contribution in [-0.4, -0.2) is 23.5 Å². The molecule has 0 saturated carbocycles. The van der Waals surface area contributed by atoms with Gasteiger partial charge in [0.1, 0.15) is 11.7 Å². The van der Waals surface area contributed by atoms with E-state index in [4.69, 9.17) is 4.74 Å². The summed E-state index contributed by atoms with van der Waals surface area (Å²) in [7, 11) is 0. The van der Waals surface area contributed by atoms with Gasteiger partial charge in [0.25, 0.3) is 0 Å². The molecule has 21 heavy (non-hydrogen) atoms. The van der Waals surface area contributed by atoms with E-state index in [1.165, 1.54) is 0 Å². The molecular formula is C17H16O4. The third-order valence-corrected chi connectivity index (χ3v) is 3.09. The Balaban J connectivity index is 2.31. The Morgan fingerprint density at radius 2 is 1.67 bits per heavy atom. The smallest absolute Gasteiger partial charge is 0.318 e. The Morgan fingerprint density at radius 3 is 2.19 bits per heavy atom. The number of hydrogen-bond acceptors (Lipinski definition) is 3. The highest BCUT2D eigenvalue weighted by Crippen LogP contribution is 2.24. The van der Waals surface area contributed by atoms with Crippen LogP contribution in [0.2, 0.25) is 0 Å². The van der Waals surface area contributed by atoms with Crippen LogP contribution in [-0.2, 0) is 4.79 Å². The van der Waals surface area contributed by atoms with Gasteiger partial charge in [-0.05, 0) is 24.6 Å². The maximum Gasteiger partial charge on any atom is 0.318 e. The van der Waals surface area contributed by atoms with E-state index in [0.29, 0.717) is 23.5 Å². The highest BCUT2D eigenvalue weighted by atomic mass is 16.5. The highest BCUT2D eigenvalue weighted by molar-refractivity contribution is 6.12. The zero-order chi connectivity index (χ0) is 15.2. The van der Waals surface area contributed by atoms with E-state index >= 15 is 0 Å². The standard InChI is InChI=1S/C17H16O4/c1-2-21-14-10-8-12(9-11-14)15(17(19)20)16(18)13-6-4-3-5-7-13/h3-11,15H,2H2,1H3,(H,19,20). The maximum absolute atomic E-state index is 12.4. The van der Waals surface area contributed by atoms with Gasteiger partial charge in [-0.15, -0.1) is 0 Å². The lowest BCUT2D eigenvalue weighted by molar-refractivity contribution is -0.137. The highest BCUT2D eigenvalue weighted by Gasteiger charge is 2.28. The number of hydrogen-bond donors (Lipinski definition) is 1. The minimum Gasteiger partial charge on any atom is -0.494 e. The van der Waals surface area contributed by atoms with Gasteiger partial charge in [-0.25, -0.2) is 0 Å². The number of carbonyl (C=O) groups excluding carboxylic acids is 1. The number of benzene rings is 2. The molecule has 0 aliphatic heterocycles. The molecule has 0 bridgehead atoms. The molecule has 0 aromatic heterocycles. The van der Waals surface area contributed by atoms with Crippen LogP contribution in [0.15, 0.2) is 54.6 Å². The molecule has 0 radical (unpaired) electrons. The molecule has 0 saturated heterocycles. The zero-order valence-corrected chi connectivity index (χ0v) is 11.7. The lowest BCUT2D eigenvalue weighted by atomic mass is 9.91. The van der Waals surface area contributed by atoms with Gasteiger partial charge in [0, 0.05) is 5.56 Å². The van der Waals surface area contributed by atoms with Gasteiger partial charge >= 0.3 is 5.97 Å². The SMILES string of the molecule is CCOc1ccc(C(C(=O)O)C(=O)c2ccccc2)cc1. The van der Waals surface area contributed by atoms with Crippen molar-refractivity contribution < 1.29 is 19.4 Å². The zero-order valence-electron chi connectivity index (χ0n) is 11.7. The summed E-state index contributed by atoms with van der Waals surface area (Å²) in [6.07, 6.45) is 0. The lowest BCUT2D eigenvalue weighted by Gasteiger charge is -2.12. The first kappa shape index (κ1) is 14.8. The van der Waals surface area contributed by atoms with E-state index in [1.807, 2.05) is 6.92 Å². The lowest BCUT2D eigenvalue weighted by Crippen LogP contribution is -2.21. The molecule has 2 aromatic carbocycles. The third kappa shape index (κ3) is 3.48. The summed E-state index contributed by atoms with van der Waals surface area (Å²) in [5.74, 6) is -2.14. The summed E-state index contributed by atoms with van der Waals surface area (Å²) in [5.41, 5.74) is 0.832. The van der Waals surface area contributed by atoms with E-state index in [0.717, 1.165) is 0 Å². The Bertz CT molecular complexity index is 617. The molecule has 1 N–H and O–H groups in total. The van der Waals surface area contributed by atoms with Crippen molar-refractivity contribution in [2.24, 2.45) is 0 Å². The summed E-state index contributed by atoms with van der Waals surface area (Å²) in [4.78, 5) is 23.9. The minimum absolute atomic E-state index is 0.388. The fourth-order valence-electron chi connectivity index (χ4n) is 2.10. The number of carboxylic acids is 1. The van der Waals surface area contributed by atoms with Crippen LogP contribution in [0.5, 0.6) is 5.75 Å². The van der Waals surface area contributed by atoms with Crippen LogP contribution in [0.1, 0.15) is 28.8 Å². The predicted octanol–water partition coefficient (Wildman–Crippen LogP) is 3.14. The van der Waals surface area contributed by atoms with Crippen LogP contribution >= 0.6 is 0 Å². The van der Waals surface area contributed by atoms with E-state index in [2.05, 4.69) is 0 Å². The fourth-order valence-corrected chi connectivity index (χ4v) is 2.10. The third-order valence-electron chi connectivity index (χ3n) is 3.09. The molecule has 0 heterocycles. The summed E-state index contributed by atoms with van der Waals surface area (Å²) in [6, 6.07) is 15.0. The van der Waals surface area contributed by atoms with E-state index in [9.17, 15) is 14.7 Å². The molecule has 4 heteroatoms. The molecular weight excluding hydrogens is 268 g/mol. The number of carbonyl (C=O) groups is 2. The molecule has 0 amide bonds. The summed E-state index contributed by atoms with van der Waals surface area (Å²) in [5, 5.41) is 9.38. The molecule has 0 aliphatic rings. The average Bonchev–Trinajstić information content (AvgIpc) is 2.50. The Kier molecular flexibility index (Phi) is 4.72. The Morgan fingerprint density at radius 1 is 1.05 bits per heavy atom. The van der Waals surface area contributed by atoms with E-state index in [-0.39, 0.29) is 0 Å². The van der Waals surface area contributed by atoms with Crippen molar-refractivity contribution in [3.63, 3.8) is 0 Å². The van der Waals surface area contributed by atoms with Gasteiger partial charge in [0.2, 0.25) is 0 Å². The molecule has 4 nitrogen and oxygen atoms in total. The number of Topliss-reactive ketones (excluding diaryl/α,β-unsaturated/α-hetero) is 1. The van der Waals surface area contributed by atoms with Crippen molar-refractivity contribution >= 4 is 11.8 Å². The van der Waals surface area contributed by atoms with Gasteiger partial charge in [-0.3, -0.25) is 9.59 Å². The van der Waals surface area contributed by atoms with E-state index < -0.39 is 17.7 Å². The van der Waals surface area contributed by atoms with Crippen molar-refractivity contribution in [1.82, 2.24) is 0 Å². The van der Waals surface area contributed by atoms with Crippen LogP contribution in [0.4, 0.5) is 0 Å². The minimum atomic E-state index is -1.21. The second-order valence-corrected chi connectivity index (χ2v) is 4.50. The number of aliphatic carboxylic acids is 1. The number of ether oxygens (including phenoxy) is 1. The summed E-state index contributed by atoms with van der Waals surface area (Å²) in [6.45, 7) is 2.40. The number of carboxylic acid groups (broad SMARTS) is 1. The molecule has 0 aliphatic carbocycles. The van der Waals surface area contributed by atoms with Gasteiger partial charge in [0.05, 0.1) is 6.61 Å². The van der Waals surface area contributed by atoms with Gasteiger partial charge in [-0.2, -0.15) is 0 Å². The van der Waals surface area contributed by atoms with Crippen molar-refractivity contribution in [2.45, 2.75) is 12.8 Å². The molecule has 0 spiro atoms. The first-order chi connectivity index (χ1) is 10.1. The molecule has 2 rings (SSSR count). The number of rotatable bonds is 6. The number of ketones is 1. The van der Waals surface area contributed by atoms with Crippen LogP contribution in [0.25, 0.3) is 0 Å². The van der Waals surface area contributed by atoms with Crippen molar-refractivity contribution in [2.75, 3.05) is 6.61 Å². The van der Waals surface area contributed by atoms with Crippen LogP contribution < -0.4 is 4.74 Å². The monoisotopic (exact) mass is 284 g/mol. The quantitative estimate of drug-likeness (QED) is 0.654. The maximum atomic E-state index is 12.4. The fraction of sp³-hybridized carbons (Fsp3) is 0.176. The predicted molar refractivity (Wildman–Crippen MR) is 78.8 cm³/mol. The second kappa shape index (κ2) is 6.70. The van der Waals surface area contributed by atoms with Crippen molar-refractivity contribution in [3.8, 4) is 5.75 Å². The largest absolute Gasteiger partial charge is 0.494 e.